The summed E-state index contributed by atoms with van der Waals surface area (Å²) in [5.74, 6) is 0.651. The van der Waals surface area contributed by atoms with E-state index in [1.54, 1.807) is 6.33 Å². The van der Waals surface area contributed by atoms with Gasteiger partial charge < -0.3 is 0 Å². The van der Waals surface area contributed by atoms with Crippen LogP contribution in [0.2, 0.25) is 0 Å². The molecule has 0 aliphatic rings. The standard InChI is InChI=1S/C20H22N2/c1-13(2)7-16-5-6-18-19(11-16)21-12-22-20(18)17-9-14(3)8-15(4)10-17/h5-6,8-13H,7H2,1-4H3. The molecule has 1 aromatic heterocycles. The number of aryl methyl sites for hydroxylation is 2. The minimum Gasteiger partial charge on any atom is -0.236 e. The van der Waals surface area contributed by atoms with Gasteiger partial charge in [0.05, 0.1) is 11.2 Å². The lowest BCUT2D eigenvalue weighted by Crippen LogP contribution is -1.96. The van der Waals surface area contributed by atoms with Crippen molar-refractivity contribution in [2.24, 2.45) is 5.92 Å². The predicted octanol–water partition coefficient (Wildman–Crippen LogP) is 5.11. The van der Waals surface area contributed by atoms with Gasteiger partial charge in [0.2, 0.25) is 0 Å². The molecule has 0 amide bonds. The molecule has 0 radical (unpaired) electrons. The molecule has 0 N–H and O–H groups in total. The van der Waals surface area contributed by atoms with E-state index in [4.69, 9.17) is 0 Å². The van der Waals surface area contributed by atoms with Crippen molar-refractivity contribution in [1.29, 1.82) is 0 Å². The average Bonchev–Trinajstić information content (AvgIpc) is 2.44. The van der Waals surface area contributed by atoms with Crippen LogP contribution in [0.5, 0.6) is 0 Å². The fourth-order valence-corrected chi connectivity index (χ4v) is 3.04. The predicted molar refractivity (Wildman–Crippen MR) is 93.0 cm³/mol. The van der Waals surface area contributed by atoms with Gasteiger partial charge in [0, 0.05) is 10.9 Å². The van der Waals surface area contributed by atoms with Crippen LogP contribution in [-0.2, 0) is 6.42 Å². The minimum absolute atomic E-state index is 0.651. The van der Waals surface area contributed by atoms with Crippen LogP contribution in [0.25, 0.3) is 22.2 Å². The van der Waals surface area contributed by atoms with Gasteiger partial charge in [-0.05, 0) is 49.9 Å². The molecule has 3 rings (SSSR count). The SMILES string of the molecule is Cc1cc(C)cc(-c2ncnc3cc(CC(C)C)ccc23)c1. The van der Waals surface area contributed by atoms with Crippen LogP contribution in [0.1, 0.15) is 30.5 Å². The Morgan fingerprint density at radius 2 is 1.64 bits per heavy atom. The van der Waals surface area contributed by atoms with E-state index in [0.717, 1.165) is 23.0 Å². The molecule has 0 spiro atoms. The maximum Gasteiger partial charge on any atom is 0.116 e. The molecule has 0 saturated heterocycles. The van der Waals surface area contributed by atoms with Crippen molar-refractivity contribution in [2.75, 3.05) is 0 Å². The Morgan fingerprint density at radius 1 is 0.909 bits per heavy atom. The van der Waals surface area contributed by atoms with E-state index in [0.29, 0.717) is 5.92 Å². The summed E-state index contributed by atoms with van der Waals surface area (Å²) in [6.45, 7) is 8.73. The maximum atomic E-state index is 4.54. The highest BCUT2D eigenvalue weighted by Crippen LogP contribution is 2.28. The number of aromatic nitrogens is 2. The summed E-state index contributed by atoms with van der Waals surface area (Å²) in [7, 11) is 0. The largest absolute Gasteiger partial charge is 0.236 e. The smallest absolute Gasteiger partial charge is 0.116 e. The minimum atomic E-state index is 0.651. The third-order valence-electron chi connectivity index (χ3n) is 3.84. The number of fused-ring (bicyclic) bond motifs is 1. The van der Waals surface area contributed by atoms with E-state index in [1.165, 1.54) is 22.3 Å². The number of hydrogen-bond acceptors (Lipinski definition) is 2. The first-order valence-electron chi connectivity index (χ1n) is 7.85. The van der Waals surface area contributed by atoms with Crippen molar-refractivity contribution in [3.63, 3.8) is 0 Å². The second-order valence-electron chi connectivity index (χ2n) is 6.55. The van der Waals surface area contributed by atoms with Crippen molar-refractivity contribution in [3.8, 4) is 11.3 Å². The molecular formula is C20H22N2. The molecular weight excluding hydrogens is 268 g/mol. The van der Waals surface area contributed by atoms with Crippen LogP contribution in [-0.4, -0.2) is 9.97 Å². The summed E-state index contributed by atoms with van der Waals surface area (Å²) < 4.78 is 0. The Morgan fingerprint density at radius 3 is 2.32 bits per heavy atom. The van der Waals surface area contributed by atoms with Gasteiger partial charge in [-0.3, -0.25) is 0 Å². The van der Waals surface area contributed by atoms with Crippen LogP contribution >= 0.6 is 0 Å². The fraction of sp³-hybridized carbons (Fsp3) is 0.300. The highest BCUT2D eigenvalue weighted by molar-refractivity contribution is 5.92. The lowest BCUT2D eigenvalue weighted by molar-refractivity contribution is 0.647. The zero-order chi connectivity index (χ0) is 15.7. The van der Waals surface area contributed by atoms with E-state index >= 15 is 0 Å². The molecule has 1 heterocycles. The van der Waals surface area contributed by atoms with Gasteiger partial charge in [-0.2, -0.15) is 0 Å². The summed E-state index contributed by atoms with van der Waals surface area (Å²) in [5, 5.41) is 1.13. The molecule has 2 nitrogen and oxygen atoms in total. The maximum absolute atomic E-state index is 4.54. The number of rotatable bonds is 3. The number of hydrogen-bond donors (Lipinski definition) is 0. The normalized spacial score (nSPS) is 11.3. The quantitative estimate of drug-likeness (QED) is 0.669. The molecule has 0 aliphatic heterocycles. The van der Waals surface area contributed by atoms with E-state index in [2.05, 4.69) is 74.1 Å². The van der Waals surface area contributed by atoms with Gasteiger partial charge in [-0.15, -0.1) is 0 Å². The lowest BCUT2D eigenvalue weighted by Gasteiger charge is -2.10. The molecule has 0 aliphatic carbocycles. The summed E-state index contributed by atoms with van der Waals surface area (Å²) in [4.78, 5) is 9.01. The average molecular weight is 290 g/mol. The van der Waals surface area contributed by atoms with E-state index < -0.39 is 0 Å². The van der Waals surface area contributed by atoms with Gasteiger partial charge in [-0.25, -0.2) is 9.97 Å². The summed E-state index contributed by atoms with van der Waals surface area (Å²) in [6, 6.07) is 13.1. The molecule has 0 unspecified atom stereocenters. The summed E-state index contributed by atoms with van der Waals surface area (Å²) >= 11 is 0. The Bertz CT molecular complexity index is 799. The first-order valence-corrected chi connectivity index (χ1v) is 7.85. The Hall–Kier alpha value is -2.22. The van der Waals surface area contributed by atoms with E-state index in [9.17, 15) is 0 Å². The molecule has 3 aromatic rings. The monoisotopic (exact) mass is 290 g/mol. The molecule has 2 heteroatoms. The topological polar surface area (TPSA) is 25.8 Å². The Kier molecular flexibility index (Phi) is 3.93. The summed E-state index contributed by atoms with van der Waals surface area (Å²) in [6.07, 6.45) is 2.76. The molecule has 2 aromatic carbocycles. The van der Waals surface area contributed by atoms with Gasteiger partial charge >= 0.3 is 0 Å². The van der Waals surface area contributed by atoms with E-state index in [1.807, 2.05) is 0 Å². The van der Waals surface area contributed by atoms with Crippen LogP contribution in [0.3, 0.4) is 0 Å². The Labute approximate surface area is 132 Å². The molecule has 112 valence electrons. The first-order chi connectivity index (χ1) is 10.5. The van der Waals surface area contributed by atoms with Crippen molar-refractivity contribution in [1.82, 2.24) is 9.97 Å². The Balaban J connectivity index is 2.14. The van der Waals surface area contributed by atoms with Crippen molar-refractivity contribution in [2.45, 2.75) is 34.1 Å². The van der Waals surface area contributed by atoms with Gasteiger partial charge in [-0.1, -0.05) is 43.2 Å². The molecule has 22 heavy (non-hydrogen) atoms. The van der Waals surface area contributed by atoms with Gasteiger partial charge in [0.15, 0.2) is 0 Å². The summed E-state index contributed by atoms with van der Waals surface area (Å²) in [5.41, 5.74) is 7.08. The number of nitrogens with zero attached hydrogens (tertiary/aromatic N) is 2. The van der Waals surface area contributed by atoms with Crippen molar-refractivity contribution < 1.29 is 0 Å². The van der Waals surface area contributed by atoms with E-state index in [-0.39, 0.29) is 0 Å². The lowest BCUT2D eigenvalue weighted by atomic mass is 9.98. The number of benzene rings is 2. The van der Waals surface area contributed by atoms with Crippen molar-refractivity contribution in [3.05, 3.63) is 59.4 Å². The third-order valence-corrected chi connectivity index (χ3v) is 3.84. The van der Waals surface area contributed by atoms with Crippen LogP contribution in [0.4, 0.5) is 0 Å². The van der Waals surface area contributed by atoms with Gasteiger partial charge in [0.25, 0.3) is 0 Å². The molecule has 0 saturated carbocycles. The van der Waals surface area contributed by atoms with Crippen LogP contribution < -0.4 is 0 Å². The molecule has 0 atom stereocenters. The van der Waals surface area contributed by atoms with Crippen LogP contribution in [0.15, 0.2) is 42.7 Å². The first kappa shape index (κ1) is 14.7. The third kappa shape index (κ3) is 3.01. The molecule has 0 bridgehead atoms. The van der Waals surface area contributed by atoms with Crippen LogP contribution in [0, 0.1) is 19.8 Å². The highest BCUT2D eigenvalue weighted by Gasteiger charge is 2.08. The highest BCUT2D eigenvalue weighted by atomic mass is 14.8. The van der Waals surface area contributed by atoms with Crippen molar-refractivity contribution >= 4 is 10.9 Å². The second kappa shape index (κ2) is 5.88. The second-order valence-corrected chi connectivity index (χ2v) is 6.55. The zero-order valence-electron chi connectivity index (χ0n) is 13.7. The fourth-order valence-electron chi connectivity index (χ4n) is 3.04. The zero-order valence-corrected chi connectivity index (χ0v) is 13.7. The molecule has 0 fully saturated rings. The van der Waals surface area contributed by atoms with Gasteiger partial charge in [0.1, 0.15) is 6.33 Å².